The van der Waals surface area contributed by atoms with Gasteiger partial charge in [-0.05, 0) is 80.7 Å². The summed E-state index contributed by atoms with van der Waals surface area (Å²) >= 11 is 7.07. The van der Waals surface area contributed by atoms with Crippen molar-refractivity contribution in [1.29, 1.82) is 0 Å². The number of carbonyl (C=O) groups excluding carboxylic acids is 1. The van der Waals surface area contributed by atoms with Crippen molar-refractivity contribution in [3.8, 4) is 5.75 Å². The molecular weight excluding hydrogens is 484 g/mol. The molecule has 0 aromatic heterocycles. The van der Waals surface area contributed by atoms with Crippen LogP contribution >= 0.6 is 31.9 Å². The third kappa shape index (κ3) is 5.84. The molecule has 3 rings (SSSR count). The molecule has 1 amide bonds. The van der Waals surface area contributed by atoms with E-state index in [-0.39, 0.29) is 12.5 Å². The highest BCUT2D eigenvalue weighted by Crippen LogP contribution is 2.35. The first-order valence-electron chi connectivity index (χ1n) is 8.77. The number of anilines is 2. The number of aryl methyl sites for hydroxylation is 1. The van der Waals surface area contributed by atoms with Crippen molar-refractivity contribution < 1.29 is 9.53 Å². The average molecular weight is 504 g/mol. The molecule has 0 unspecified atom stereocenters. The standard InChI is InChI=1S/C22H20Br2N2O2/c1-15-7-9-17(10-8-15)25-13-16-11-19(23)22(20(24)12-16)28-14-21(27)26-18-5-3-2-4-6-18/h2-12,25H,13-14H2,1H3,(H,26,27). The first kappa shape index (κ1) is 20.4. The molecule has 28 heavy (non-hydrogen) atoms. The van der Waals surface area contributed by atoms with Gasteiger partial charge in [-0.1, -0.05) is 35.9 Å². The molecule has 3 aromatic rings. The Morgan fingerprint density at radius 3 is 2.21 bits per heavy atom. The molecule has 3 aromatic carbocycles. The van der Waals surface area contributed by atoms with Crippen molar-refractivity contribution in [2.24, 2.45) is 0 Å². The van der Waals surface area contributed by atoms with Gasteiger partial charge in [0.2, 0.25) is 0 Å². The van der Waals surface area contributed by atoms with Gasteiger partial charge in [0.1, 0.15) is 5.75 Å². The zero-order valence-electron chi connectivity index (χ0n) is 15.3. The lowest BCUT2D eigenvalue weighted by Crippen LogP contribution is -2.20. The average Bonchev–Trinajstić information content (AvgIpc) is 2.67. The van der Waals surface area contributed by atoms with Crippen LogP contribution in [0.5, 0.6) is 5.75 Å². The van der Waals surface area contributed by atoms with Gasteiger partial charge in [-0.2, -0.15) is 0 Å². The summed E-state index contributed by atoms with van der Waals surface area (Å²) in [6.45, 7) is 2.67. The van der Waals surface area contributed by atoms with Crippen LogP contribution in [0.15, 0.2) is 75.7 Å². The van der Waals surface area contributed by atoms with Crippen molar-refractivity contribution in [3.63, 3.8) is 0 Å². The Hall–Kier alpha value is -2.31. The summed E-state index contributed by atoms with van der Waals surface area (Å²) in [5, 5.41) is 6.19. The quantitative estimate of drug-likeness (QED) is 0.406. The fourth-order valence-electron chi connectivity index (χ4n) is 2.58. The van der Waals surface area contributed by atoms with Crippen LogP contribution in [0.3, 0.4) is 0 Å². The van der Waals surface area contributed by atoms with E-state index in [1.54, 1.807) is 0 Å². The number of nitrogens with one attached hydrogen (secondary N) is 2. The SMILES string of the molecule is Cc1ccc(NCc2cc(Br)c(OCC(=O)Nc3ccccc3)c(Br)c2)cc1. The molecule has 144 valence electrons. The summed E-state index contributed by atoms with van der Waals surface area (Å²) in [5.74, 6) is 0.386. The molecule has 2 N–H and O–H groups in total. The highest BCUT2D eigenvalue weighted by atomic mass is 79.9. The van der Waals surface area contributed by atoms with E-state index >= 15 is 0 Å². The van der Waals surface area contributed by atoms with Crippen LogP contribution in [0.1, 0.15) is 11.1 Å². The highest BCUT2D eigenvalue weighted by molar-refractivity contribution is 9.11. The van der Waals surface area contributed by atoms with Gasteiger partial charge in [-0.3, -0.25) is 4.79 Å². The minimum absolute atomic E-state index is 0.0763. The Kier molecular flexibility index (Phi) is 7.12. The maximum absolute atomic E-state index is 12.1. The number of halogens is 2. The van der Waals surface area contributed by atoms with E-state index in [1.165, 1.54) is 5.56 Å². The van der Waals surface area contributed by atoms with E-state index < -0.39 is 0 Å². The molecular formula is C22H20Br2N2O2. The Balaban J connectivity index is 1.58. The van der Waals surface area contributed by atoms with E-state index in [0.717, 1.165) is 25.9 Å². The smallest absolute Gasteiger partial charge is 0.262 e. The minimum atomic E-state index is -0.213. The fourth-order valence-corrected chi connectivity index (χ4v) is 4.09. The van der Waals surface area contributed by atoms with E-state index in [2.05, 4.69) is 73.7 Å². The lowest BCUT2D eigenvalue weighted by molar-refractivity contribution is -0.118. The largest absolute Gasteiger partial charge is 0.481 e. The summed E-state index contributed by atoms with van der Waals surface area (Å²) in [7, 11) is 0. The maximum atomic E-state index is 12.1. The van der Waals surface area contributed by atoms with Gasteiger partial charge in [0.05, 0.1) is 8.95 Å². The van der Waals surface area contributed by atoms with Crippen LogP contribution in [0.4, 0.5) is 11.4 Å². The molecule has 0 aliphatic rings. The van der Waals surface area contributed by atoms with Gasteiger partial charge in [-0.15, -0.1) is 0 Å². The number of carbonyl (C=O) groups is 1. The van der Waals surface area contributed by atoms with Gasteiger partial charge in [0.15, 0.2) is 6.61 Å². The summed E-state index contributed by atoms with van der Waals surface area (Å²) in [6, 6.07) is 21.5. The second kappa shape index (κ2) is 9.75. The number of rotatable bonds is 7. The van der Waals surface area contributed by atoms with Crippen LogP contribution in [0.25, 0.3) is 0 Å². The normalized spacial score (nSPS) is 10.4. The Bertz CT molecular complexity index is 922. The third-order valence-electron chi connectivity index (χ3n) is 4.01. The van der Waals surface area contributed by atoms with Crippen LogP contribution in [-0.2, 0) is 11.3 Å². The van der Waals surface area contributed by atoms with Gasteiger partial charge in [0, 0.05) is 17.9 Å². The first-order chi connectivity index (χ1) is 13.5. The summed E-state index contributed by atoms with van der Waals surface area (Å²) < 4.78 is 7.28. The van der Waals surface area contributed by atoms with Gasteiger partial charge in [0.25, 0.3) is 5.91 Å². The summed E-state index contributed by atoms with van der Waals surface area (Å²) in [5.41, 5.74) is 4.12. The van der Waals surface area contributed by atoms with E-state index in [1.807, 2.05) is 42.5 Å². The first-order valence-corrected chi connectivity index (χ1v) is 10.4. The Labute approximate surface area is 181 Å². The second-order valence-corrected chi connectivity index (χ2v) is 8.02. The number of benzene rings is 3. The summed E-state index contributed by atoms with van der Waals surface area (Å²) in [4.78, 5) is 12.1. The topological polar surface area (TPSA) is 50.4 Å². The molecule has 0 saturated carbocycles. The lowest BCUT2D eigenvalue weighted by atomic mass is 10.2. The number of amides is 1. The van der Waals surface area contributed by atoms with E-state index in [0.29, 0.717) is 12.3 Å². The number of hydrogen-bond acceptors (Lipinski definition) is 3. The molecule has 0 radical (unpaired) electrons. The predicted molar refractivity (Wildman–Crippen MR) is 121 cm³/mol. The monoisotopic (exact) mass is 502 g/mol. The van der Waals surface area contributed by atoms with Crippen LogP contribution in [0, 0.1) is 6.92 Å². The number of ether oxygens (including phenoxy) is 1. The van der Waals surface area contributed by atoms with Crippen molar-refractivity contribution in [2.75, 3.05) is 17.2 Å². The zero-order valence-corrected chi connectivity index (χ0v) is 18.5. The second-order valence-electron chi connectivity index (χ2n) is 6.31. The van der Waals surface area contributed by atoms with Gasteiger partial charge < -0.3 is 15.4 Å². The maximum Gasteiger partial charge on any atom is 0.262 e. The number of para-hydroxylation sites is 1. The molecule has 6 heteroatoms. The zero-order chi connectivity index (χ0) is 19.9. The highest BCUT2D eigenvalue weighted by Gasteiger charge is 2.11. The molecule has 0 bridgehead atoms. The molecule has 0 saturated heterocycles. The molecule has 4 nitrogen and oxygen atoms in total. The molecule has 0 spiro atoms. The van der Waals surface area contributed by atoms with Crippen LogP contribution < -0.4 is 15.4 Å². The molecule has 0 heterocycles. The molecule has 0 aliphatic carbocycles. The van der Waals surface area contributed by atoms with Crippen LogP contribution in [-0.4, -0.2) is 12.5 Å². The van der Waals surface area contributed by atoms with Crippen LogP contribution in [0.2, 0.25) is 0 Å². The van der Waals surface area contributed by atoms with Crippen molar-refractivity contribution >= 4 is 49.1 Å². The fraction of sp³-hybridized carbons (Fsp3) is 0.136. The summed E-state index contributed by atoms with van der Waals surface area (Å²) in [6.07, 6.45) is 0. The van der Waals surface area contributed by atoms with E-state index in [4.69, 9.17) is 4.74 Å². The Morgan fingerprint density at radius 1 is 0.929 bits per heavy atom. The van der Waals surface area contributed by atoms with Gasteiger partial charge in [-0.25, -0.2) is 0 Å². The van der Waals surface area contributed by atoms with Crippen molar-refractivity contribution in [2.45, 2.75) is 13.5 Å². The van der Waals surface area contributed by atoms with Crippen molar-refractivity contribution in [1.82, 2.24) is 0 Å². The number of hydrogen-bond donors (Lipinski definition) is 2. The Morgan fingerprint density at radius 2 is 1.57 bits per heavy atom. The molecule has 0 aliphatic heterocycles. The van der Waals surface area contributed by atoms with E-state index in [9.17, 15) is 4.79 Å². The minimum Gasteiger partial charge on any atom is -0.481 e. The molecule has 0 atom stereocenters. The molecule has 0 fully saturated rings. The lowest BCUT2D eigenvalue weighted by Gasteiger charge is -2.13. The van der Waals surface area contributed by atoms with Crippen molar-refractivity contribution in [3.05, 3.63) is 86.8 Å². The predicted octanol–water partition coefficient (Wildman–Crippen LogP) is 6.15. The van der Waals surface area contributed by atoms with Gasteiger partial charge >= 0.3 is 0 Å². The third-order valence-corrected chi connectivity index (χ3v) is 5.19.